The van der Waals surface area contributed by atoms with Gasteiger partial charge in [0.1, 0.15) is 11.6 Å². The highest BCUT2D eigenvalue weighted by Gasteiger charge is 2.15. The molecule has 21 heavy (non-hydrogen) atoms. The molecule has 112 valence electrons. The monoisotopic (exact) mass is 287 g/mol. The molecule has 0 saturated carbocycles. The van der Waals surface area contributed by atoms with Crippen molar-refractivity contribution in [1.82, 2.24) is 10.6 Å². The molecule has 5 nitrogen and oxygen atoms in total. The van der Waals surface area contributed by atoms with E-state index in [2.05, 4.69) is 10.6 Å². The number of nitriles is 1. The van der Waals surface area contributed by atoms with E-state index < -0.39 is 11.4 Å². The molecule has 0 bridgehead atoms. The molecule has 1 aromatic carbocycles. The van der Waals surface area contributed by atoms with Gasteiger partial charge in [0.25, 0.3) is 5.91 Å². The van der Waals surface area contributed by atoms with Gasteiger partial charge in [-0.2, -0.15) is 5.26 Å². The Kier molecular flexibility index (Phi) is 6.44. The minimum Gasteiger partial charge on any atom is -0.394 e. The Labute approximate surface area is 125 Å². The van der Waals surface area contributed by atoms with Gasteiger partial charge in [0.05, 0.1) is 12.1 Å². The summed E-state index contributed by atoms with van der Waals surface area (Å²) in [5.41, 5.74) is 0.538. The molecule has 0 aromatic heterocycles. The largest absolute Gasteiger partial charge is 0.394 e. The molecule has 0 heterocycles. The van der Waals surface area contributed by atoms with Crippen LogP contribution in [-0.2, 0) is 11.2 Å². The number of hydrogen-bond acceptors (Lipinski definition) is 4. The maximum Gasteiger partial charge on any atom is 0.263 e. The Bertz CT molecular complexity index is 530. The maximum absolute atomic E-state index is 11.9. The van der Waals surface area contributed by atoms with Gasteiger partial charge in [-0.1, -0.05) is 30.3 Å². The lowest BCUT2D eigenvalue weighted by atomic mass is 10.1. The summed E-state index contributed by atoms with van der Waals surface area (Å²) in [6.07, 6.45) is 2.05. The molecule has 0 saturated heterocycles. The average molecular weight is 287 g/mol. The minimum absolute atomic E-state index is 0.00964. The van der Waals surface area contributed by atoms with Crippen molar-refractivity contribution in [3.05, 3.63) is 47.7 Å². The molecular weight excluding hydrogens is 266 g/mol. The molecule has 0 aliphatic carbocycles. The molecular formula is C16H21N3O2. The third kappa shape index (κ3) is 6.11. The highest BCUT2D eigenvalue weighted by Crippen LogP contribution is 2.02. The molecule has 0 radical (unpaired) electrons. The number of nitrogens with zero attached hydrogens (tertiary/aromatic N) is 1. The summed E-state index contributed by atoms with van der Waals surface area (Å²) in [6.45, 7) is 3.90. The van der Waals surface area contributed by atoms with Crippen LogP contribution in [0, 0.1) is 11.3 Å². The highest BCUT2D eigenvalue weighted by molar-refractivity contribution is 5.97. The van der Waals surface area contributed by atoms with Crippen LogP contribution in [0.15, 0.2) is 42.1 Å². The van der Waals surface area contributed by atoms with Gasteiger partial charge >= 0.3 is 0 Å². The van der Waals surface area contributed by atoms with Gasteiger partial charge in [-0.25, -0.2) is 0 Å². The van der Waals surface area contributed by atoms with E-state index in [1.165, 1.54) is 6.20 Å². The third-order valence-corrected chi connectivity index (χ3v) is 2.91. The van der Waals surface area contributed by atoms with Crippen LogP contribution in [0.4, 0.5) is 0 Å². The van der Waals surface area contributed by atoms with Gasteiger partial charge in [-0.3, -0.25) is 4.79 Å². The fourth-order valence-electron chi connectivity index (χ4n) is 1.52. The standard InChI is InChI=1S/C16H21N3O2/c1-16(2,12-20)19-11-14(10-17)15(21)18-9-8-13-6-4-3-5-7-13/h3-7,11,19-20H,8-9,12H2,1-2H3,(H,18,21)/b14-11-. The summed E-state index contributed by atoms with van der Waals surface area (Å²) in [5.74, 6) is -0.422. The minimum atomic E-state index is -0.577. The molecule has 0 unspecified atom stereocenters. The summed E-state index contributed by atoms with van der Waals surface area (Å²) in [6, 6.07) is 11.6. The SMILES string of the molecule is CC(C)(CO)N/C=C(/C#N)C(=O)NCCc1ccccc1. The first-order valence-electron chi connectivity index (χ1n) is 6.79. The second-order valence-electron chi connectivity index (χ2n) is 5.35. The van der Waals surface area contributed by atoms with Crippen molar-refractivity contribution >= 4 is 5.91 Å². The second-order valence-corrected chi connectivity index (χ2v) is 5.35. The lowest BCUT2D eigenvalue weighted by Crippen LogP contribution is -2.40. The fraction of sp³-hybridized carbons (Fsp3) is 0.375. The summed E-state index contributed by atoms with van der Waals surface area (Å²) < 4.78 is 0. The van der Waals surface area contributed by atoms with Crippen LogP contribution in [0.5, 0.6) is 0 Å². The van der Waals surface area contributed by atoms with Crippen molar-refractivity contribution in [2.24, 2.45) is 0 Å². The molecule has 0 aliphatic heterocycles. The normalized spacial score (nSPS) is 11.6. The van der Waals surface area contributed by atoms with Gasteiger partial charge < -0.3 is 15.7 Å². The van der Waals surface area contributed by atoms with Crippen LogP contribution >= 0.6 is 0 Å². The molecule has 1 amide bonds. The zero-order valence-corrected chi connectivity index (χ0v) is 12.4. The van der Waals surface area contributed by atoms with E-state index in [0.717, 1.165) is 5.56 Å². The quantitative estimate of drug-likeness (QED) is 0.518. The Morgan fingerprint density at radius 3 is 2.62 bits per heavy atom. The molecule has 1 aromatic rings. The number of nitrogens with one attached hydrogen (secondary N) is 2. The average Bonchev–Trinajstić information content (AvgIpc) is 2.49. The summed E-state index contributed by atoms with van der Waals surface area (Å²) in [4.78, 5) is 11.9. The number of aliphatic hydroxyl groups excluding tert-OH is 1. The Morgan fingerprint density at radius 1 is 1.38 bits per heavy atom. The van der Waals surface area contributed by atoms with E-state index >= 15 is 0 Å². The zero-order valence-electron chi connectivity index (χ0n) is 12.4. The molecule has 3 N–H and O–H groups in total. The van der Waals surface area contributed by atoms with Crippen LogP contribution in [0.3, 0.4) is 0 Å². The van der Waals surface area contributed by atoms with Crippen LogP contribution in [-0.4, -0.2) is 29.7 Å². The van der Waals surface area contributed by atoms with Gasteiger partial charge in [0, 0.05) is 12.7 Å². The van der Waals surface area contributed by atoms with Crippen LogP contribution in [0.1, 0.15) is 19.4 Å². The highest BCUT2D eigenvalue weighted by atomic mass is 16.3. The molecule has 0 aliphatic rings. The lowest BCUT2D eigenvalue weighted by Gasteiger charge is -2.22. The topological polar surface area (TPSA) is 85.2 Å². The van der Waals surface area contributed by atoms with Gasteiger partial charge in [-0.15, -0.1) is 0 Å². The third-order valence-electron chi connectivity index (χ3n) is 2.91. The van der Waals surface area contributed by atoms with Crippen molar-refractivity contribution in [1.29, 1.82) is 5.26 Å². The Balaban J connectivity index is 2.49. The molecule has 0 atom stereocenters. The smallest absolute Gasteiger partial charge is 0.263 e. The van der Waals surface area contributed by atoms with Gasteiger partial charge in [0.2, 0.25) is 0 Å². The van der Waals surface area contributed by atoms with E-state index in [9.17, 15) is 4.79 Å². The van der Waals surface area contributed by atoms with Crippen molar-refractivity contribution in [2.75, 3.05) is 13.2 Å². The van der Waals surface area contributed by atoms with Crippen molar-refractivity contribution in [3.8, 4) is 6.07 Å². The summed E-state index contributed by atoms with van der Waals surface area (Å²) >= 11 is 0. The van der Waals surface area contributed by atoms with Crippen LogP contribution in [0.25, 0.3) is 0 Å². The Hall–Kier alpha value is -2.32. The predicted octanol–water partition coefficient (Wildman–Crippen LogP) is 1.11. The predicted molar refractivity (Wildman–Crippen MR) is 81.2 cm³/mol. The van der Waals surface area contributed by atoms with Gasteiger partial charge in [0.15, 0.2) is 0 Å². The Morgan fingerprint density at radius 2 is 2.05 bits per heavy atom. The lowest BCUT2D eigenvalue weighted by molar-refractivity contribution is -0.117. The summed E-state index contributed by atoms with van der Waals surface area (Å²) in [7, 11) is 0. The van der Waals surface area contributed by atoms with E-state index in [1.54, 1.807) is 13.8 Å². The second kappa shape index (κ2) is 8.08. The first-order chi connectivity index (χ1) is 9.98. The number of hydrogen-bond donors (Lipinski definition) is 3. The summed E-state index contributed by atoms with van der Waals surface area (Å²) in [5, 5.41) is 23.7. The first kappa shape index (κ1) is 16.7. The fourth-order valence-corrected chi connectivity index (χ4v) is 1.52. The molecule has 0 spiro atoms. The zero-order chi connectivity index (χ0) is 15.7. The number of carbonyl (C=O) groups is 1. The first-order valence-corrected chi connectivity index (χ1v) is 6.79. The van der Waals surface area contributed by atoms with Crippen LogP contribution in [0.2, 0.25) is 0 Å². The van der Waals surface area contributed by atoms with Gasteiger partial charge in [-0.05, 0) is 25.8 Å². The van der Waals surface area contributed by atoms with E-state index in [0.29, 0.717) is 13.0 Å². The number of amides is 1. The van der Waals surface area contributed by atoms with E-state index in [4.69, 9.17) is 10.4 Å². The van der Waals surface area contributed by atoms with E-state index in [-0.39, 0.29) is 12.2 Å². The number of benzene rings is 1. The van der Waals surface area contributed by atoms with Crippen LogP contribution < -0.4 is 10.6 Å². The van der Waals surface area contributed by atoms with Crippen molar-refractivity contribution in [3.63, 3.8) is 0 Å². The van der Waals surface area contributed by atoms with Crippen molar-refractivity contribution < 1.29 is 9.90 Å². The number of aliphatic hydroxyl groups is 1. The molecule has 5 heteroatoms. The van der Waals surface area contributed by atoms with E-state index in [1.807, 2.05) is 36.4 Å². The number of rotatable bonds is 7. The molecule has 1 rings (SSSR count). The van der Waals surface area contributed by atoms with Crippen molar-refractivity contribution in [2.45, 2.75) is 25.8 Å². The molecule has 0 fully saturated rings. The maximum atomic E-state index is 11.9. The number of carbonyl (C=O) groups excluding carboxylic acids is 1.